The van der Waals surface area contributed by atoms with Crippen LogP contribution in [0.15, 0.2) is 72.3 Å². The van der Waals surface area contributed by atoms with E-state index in [1.54, 1.807) is 48.5 Å². The number of carbonyl (C=O) groups is 2. The molecule has 1 N–H and O–H groups in total. The summed E-state index contributed by atoms with van der Waals surface area (Å²) in [5.74, 6) is -2.18. The van der Waals surface area contributed by atoms with E-state index >= 15 is 0 Å². The van der Waals surface area contributed by atoms with Gasteiger partial charge in [0.1, 0.15) is 23.1 Å². The van der Waals surface area contributed by atoms with Gasteiger partial charge in [-0.05, 0) is 61.0 Å². The zero-order chi connectivity index (χ0) is 24.4. The standard InChI is InChI=1S/C26H21ClFNO5/c1-3-34-19-10-7-15(8-11-19)23-22(24(30)20-14-17(28)9-12-21(20)33-2)25(31)26(32)29(23)18-6-4-5-16(27)13-18/h4-14,23,30H,3H2,1-2H3/b24-22+. The smallest absolute Gasteiger partial charge is 0.300 e. The lowest BCUT2D eigenvalue weighted by molar-refractivity contribution is -0.132. The van der Waals surface area contributed by atoms with Gasteiger partial charge in [0.25, 0.3) is 11.7 Å². The lowest BCUT2D eigenvalue weighted by Crippen LogP contribution is -2.29. The Morgan fingerprint density at radius 3 is 2.47 bits per heavy atom. The van der Waals surface area contributed by atoms with Gasteiger partial charge in [-0.25, -0.2) is 4.39 Å². The molecule has 174 valence electrons. The molecule has 0 radical (unpaired) electrons. The normalized spacial score (nSPS) is 17.2. The lowest BCUT2D eigenvalue weighted by Gasteiger charge is -2.26. The SMILES string of the molecule is CCOc1ccc(C2/C(=C(\O)c3cc(F)ccc3OC)C(=O)C(=O)N2c2cccc(Cl)c2)cc1. The zero-order valence-corrected chi connectivity index (χ0v) is 19.2. The molecule has 0 bridgehead atoms. The number of rotatable bonds is 6. The number of nitrogens with zero attached hydrogens (tertiary/aromatic N) is 1. The molecule has 1 amide bonds. The second-order valence-electron chi connectivity index (χ2n) is 7.50. The summed E-state index contributed by atoms with van der Waals surface area (Å²) < 4.78 is 24.8. The fourth-order valence-corrected chi connectivity index (χ4v) is 4.15. The Morgan fingerprint density at radius 1 is 1.09 bits per heavy atom. The highest BCUT2D eigenvalue weighted by molar-refractivity contribution is 6.51. The van der Waals surface area contributed by atoms with Crippen LogP contribution in [0.1, 0.15) is 24.1 Å². The van der Waals surface area contributed by atoms with Crippen LogP contribution in [0.5, 0.6) is 11.5 Å². The van der Waals surface area contributed by atoms with Crippen LogP contribution in [0, 0.1) is 5.82 Å². The molecule has 1 atom stereocenters. The van der Waals surface area contributed by atoms with Gasteiger partial charge in [0.2, 0.25) is 0 Å². The molecule has 0 aromatic heterocycles. The van der Waals surface area contributed by atoms with Crippen LogP contribution < -0.4 is 14.4 Å². The first-order chi connectivity index (χ1) is 16.3. The van der Waals surface area contributed by atoms with Gasteiger partial charge in [0, 0.05) is 10.7 Å². The third kappa shape index (κ3) is 4.22. The van der Waals surface area contributed by atoms with Gasteiger partial charge in [0.15, 0.2) is 0 Å². The summed E-state index contributed by atoms with van der Waals surface area (Å²) in [5.41, 5.74) is 0.679. The van der Waals surface area contributed by atoms with Gasteiger partial charge < -0.3 is 14.6 Å². The van der Waals surface area contributed by atoms with E-state index in [9.17, 15) is 19.1 Å². The third-order valence-electron chi connectivity index (χ3n) is 5.45. The second-order valence-corrected chi connectivity index (χ2v) is 7.93. The minimum absolute atomic E-state index is 0.0393. The number of hydrogen-bond donors (Lipinski definition) is 1. The number of ether oxygens (including phenoxy) is 2. The number of carbonyl (C=O) groups excluding carboxylic acids is 2. The van der Waals surface area contributed by atoms with Gasteiger partial charge in [-0.15, -0.1) is 0 Å². The third-order valence-corrected chi connectivity index (χ3v) is 5.69. The van der Waals surface area contributed by atoms with Crippen molar-refractivity contribution in [1.82, 2.24) is 0 Å². The maximum absolute atomic E-state index is 14.0. The number of aliphatic hydroxyl groups is 1. The summed E-state index contributed by atoms with van der Waals surface area (Å²) >= 11 is 6.15. The maximum atomic E-state index is 14.0. The van der Waals surface area contributed by atoms with Crippen molar-refractivity contribution in [3.63, 3.8) is 0 Å². The summed E-state index contributed by atoms with van der Waals surface area (Å²) in [4.78, 5) is 27.7. The molecule has 8 heteroatoms. The number of anilines is 1. The number of benzene rings is 3. The van der Waals surface area contributed by atoms with Crippen molar-refractivity contribution >= 4 is 34.7 Å². The van der Waals surface area contributed by atoms with E-state index in [1.807, 2.05) is 6.92 Å². The molecule has 1 saturated heterocycles. The van der Waals surface area contributed by atoms with Crippen molar-refractivity contribution in [3.8, 4) is 11.5 Å². The minimum atomic E-state index is -0.998. The summed E-state index contributed by atoms with van der Waals surface area (Å²) in [6.07, 6.45) is 0. The molecule has 1 fully saturated rings. The number of methoxy groups -OCH3 is 1. The summed E-state index contributed by atoms with van der Waals surface area (Å²) in [6.45, 7) is 2.33. The quantitative estimate of drug-likeness (QED) is 0.285. The minimum Gasteiger partial charge on any atom is -0.507 e. The summed E-state index contributed by atoms with van der Waals surface area (Å²) in [5, 5.41) is 11.6. The van der Waals surface area contributed by atoms with Crippen molar-refractivity contribution in [1.29, 1.82) is 0 Å². The monoisotopic (exact) mass is 481 g/mol. The first kappa shape index (κ1) is 23.3. The molecular formula is C26H21ClFNO5. The van der Waals surface area contributed by atoms with Crippen molar-refractivity contribution in [2.75, 3.05) is 18.6 Å². The van der Waals surface area contributed by atoms with Gasteiger partial charge >= 0.3 is 0 Å². The van der Waals surface area contributed by atoms with Crippen molar-refractivity contribution < 1.29 is 28.6 Å². The van der Waals surface area contributed by atoms with E-state index in [1.165, 1.54) is 24.1 Å². The summed E-state index contributed by atoms with van der Waals surface area (Å²) in [6, 6.07) is 15.9. The highest BCUT2D eigenvalue weighted by Gasteiger charge is 2.47. The van der Waals surface area contributed by atoms with E-state index in [-0.39, 0.29) is 16.9 Å². The molecule has 0 spiro atoms. The Balaban J connectivity index is 1.95. The molecule has 3 aromatic rings. The van der Waals surface area contributed by atoms with Crippen molar-refractivity contribution in [2.24, 2.45) is 0 Å². The van der Waals surface area contributed by atoms with Crippen LogP contribution in [0.2, 0.25) is 5.02 Å². The van der Waals surface area contributed by atoms with Crippen LogP contribution >= 0.6 is 11.6 Å². The second kappa shape index (κ2) is 9.57. The molecule has 1 aliphatic rings. The van der Waals surface area contributed by atoms with Crippen LogP contribution in [0.3, 0.4) is 0 Å². The molecule has 1 heterocycles. The molecule has 4 rings (SSSR count). The van der Waals surface area contributed by atoms with Gasteiger partial charge in [-0.2, -0.15) is 0 Å². The maximum Gasteiger partial charge on any atom is 0.300 e. The van der Waals surface area contributed by atoms with E-state index in [2.05, 4.69) is 0 Å². The largest absolute Gasteiger partial charge is 0.507 e. The van der Waals surface area contributed by atoms with Crippen LogP contribution in [0.4, 0.5) is 10.1 Å². The van der Waals surface area contributed by atoms with E-state index in [0.717, 1.165) is 6.07 Å². The molecule has 0 saturated carbocycles. The predicted octanol–water partition coefficient (Wildman–Crippen LogP) is 5.51. The average Bonchev–Trinajstić information content (AvgIpc) is 3.09. The molecule has 6 nitrogen and oxygen atoms in total. The number of aliphatic hydroxyl groups excluding tert-OH is 1. The Morgan fingerprint density at radius 2 is 1.82 bits per heavy atom. The molecule has 1 unspecified atom stereocenters. The first-order valence-corrected chi connectivity index (χ1v) is 10.9. The Kier molecular flexibility index (Phi) is 6.56. The fraction of sp³-hybridized carbons (Fsp3) is 0.154. The van der Waals surface area contributed by atoms with Gasteiger partial charge in [-0.3, -0.25) is 14.5 Å². The predicted molar refractivity (Wildman–Crippen MR) is 127 cm³/mol. The highest BCUT2D eigenvalue weighted by Crippen LogP contribution is 2.44. The number of amides is 1. The zero-order valence-electron chi connectivity index (χ0n) is 18.4. The number of Topliss-reactive ketones (excluding diaryl/α,β-unsaturated/α-hetero) is 1. The van der Waals surface area contributed by atoms with Crippen molar-refractivity contribution in [3.05, 3.63) is 94.3 Å². The molecule has 3 aromatic carbocycles. The average molecular weight is 482 g/mol. The fourth-order valence-electron chi connectivity index (χ4n) is 3.96. The van der Waals surface area contributed by atoms with Crippen LogP contribution in [-0.2, 0) is 9.59 Å². The van der Waals surface area contributed by atoms with E-state index in [0.29, 0.717) is 28.6 Å². The van der Waals surface area contributed by atoms with E-state index < -0.39 is 29.3 Å². The lowest BCUT2D eigenvalue weighted by atomic mass is 9.94. The molecule has 34 heavy (non-hydrogen) atoms. The van der Waals surface area contributed by atoms with E-state index in [4.69, 9.17) is 21.1 Å². The molecular weight excluding hydrogens is 461 g/mol. The Bertz CT molecular complexity index is 1290. The van der Waals surface area contributed by atoms with Gasteiger partial charge in [-0.1, -0.05) is 29.8 Å². The van der Waals surface area contributed by atoms with Crippen LogP contribution in [0.25, 0.3) is 5.76 Å². The Labute approximate surface area is 200 Å². The number of hydrogen-bond acceptors (Lipinski definition) is 5. The highest BCUT2D eigenvalue weighted by atomic mass is 35.5. The summed E-state index contributed by atoms with van der Waals surface area (Å²) in [7, 11) is 1.36. The Hall–Kier alpha value is -3.84. The molecule has 1 aliphatic heterocycles. The number of halogens is 2. The molecule has 0 aliphatic carbocycles. The topological polar surface area (TPSA) is 76.1 Å². The van der Waals surface area contributed by atoms with Gasteiger partial charge in [0.05, 0.1) is 30.9 Å². The number of ketones is 1. The first-order valence-electron chi connectivity index (χ1n) is 10.5. The van der Waals surface area contributed by atoms with Crippen molar-refractivity contribution in [2.45, 2.75) is 13.0 Å². The van der Waals surface area contributed by atoms with Crippen LogP contribution in [-0.4, -0.2) is 30.5 Å².